The van der Waals surface area contributed by atoms with Crippen LogP contribution in [-0.4, -0.2) is 93.3 Å². The van der Waals surface area contributed by atoms with E-state index in [0.29, 0.717) is 36.8 Å². The predicted molar refractivity (Wildman–Crippen MR) is 132 cm³/mol. The highest BCUT2D eigenvalue weighted by Crippen LogP contribution is 2.34. The molecule has 2 fully saturated rings. The van der Waals surface area contributed by atoms with Crippen LogP contribution >= 0.6 is 11.6 Å². The number of halogens is 4. The molecular weight excluding hydrogens is 527 g/mol. The Bertz CT molecular complexity index is 1380. The third kappa shape index (κ3) is 5.11. The van der Waals surface area contributed by atoms with Gasteiger partial charge < -0.3 is 20.0 Å². The molecule has 200 valence electrons. The van der Waals surface area contributed by atoms with Gasteiger partial charge in [-0.05, 0) is 42.5 Å². The van der Waals surface area contributed by atoms with Crippen molar-refractivity contribution in [3.05, 3.63) is 64.4 Å². The topological polar surface area (TPSA) is 110 Å². The number of carboxylic acid groups (broad SMARTS) is 1. The Labute approximate surface area is 220 Å². The van der Waals surface area contributed by atoms with Gasteiger partial charge >= 0.3 is 12.1 Å². The van der Waals surface area contributed by atoms with Crippen molar-refractivity contribution in [2.75, 3.05) is 44.2 Å². The zero-order valence-corrected chi connectivity index (χ0v) is 20.7. The number of fused-ring (bicyclic) bond motifs is 1. The van der Waals surface area contributed by atoms with Gasteiger partial charge in [0.15, 0.2) is 0 Å². The number of hydrogen-bond donors (Lipinski definition) is 2. The van der Waals surface area contributed by atoms with E-state index < -0.39 is 30.1 Å². The van der Waals surface area contributed by atoms with Gasteiger partial charge in [0.05, 0.1) is 23.2 Å². The number of anilines is 1. The quantitative estimate of drug-likeness (QED) is 0.511. The van der Waals surface area contributed by atoms with Gasteiger partial charge in [-0.2, -0.15) is 13.2 Å². The summed E-state index contributed by atoms with van der Waals surface area (Å²) in [5.74, 6) is -2.78. The van der Waals surface area contributed by atoms with Gasteiger partial charge in [0.25, 0.3) is 5.91 Å². The largest absolute Gasteiger partial charge is 0.478 e. The van der Waals surface area contributed by atoms with Crippen LogP contribution in [0.25, 0.3) is 10.9 Å². The Morgan fingerprint density at radius 3 is 2.24 bits per heavy atom. The van der Waals surface area contributed by atoms with Crippen LogP contribution in [0, 0.1) is 0 Å². The fourth-order valence-electron chi connectivity index (χ4n) is 4.95. The number of β-amino-alcohol motifs (C(OH)–C–C–N with tert-alkyl or cyclic N) is 1. The molecular formula is C25H23ClF3N5O4. The van der Waals surface area contributed by atoms with E-state index in [1.165, 1.54) is 23.1 Å². The molecule has 2 N–H and O–H groups in total. The first kappa shape index (κ1) is 26.1. The second-order valence-electron chi connectivity index (χ2n) is 9.28. The highest BCUT2D eigenvalue weighted by atomic mass is 35.5. The lowest BCUT2D eigenvalue weighted by Crippen LogP contribution is -2.54. The third-order valence-corrected chi connectivity index (χ3v) is 7.15. The second kappa shape index (κ2) is 10.0. The summed E-state index contributed by atoms with van der Waals surface area (Å²) in [6.07, 6.45) is -5.70. The van der Waals surface area contributed by atoms with Crippen molar-refractivity contribution < 1.29 is 33.0 Å². The first-order valence-electron chi connectivity index (χ1n) is 11.9. The maximum atomic E-state index is 13.5. The monoisotopic (exact) mass is 549 g/mol. The molecule has 1 aromatic heterocycles. The van der Waals surface area contributed by atoms with Crippen LogP contribution in [0.3, 0.4) is 0 Å². The van der Waals surface area contributed by atoms with Crippen molar-refractivity contribution >= 4 is 40.2 Å². The summed E-state index contributed by atoms with van der Waals surface area (Å²) in [5.41, 5.74) is 0.367. The average molecular weight is 550 g/mol. The predicted octanol–water partition coefficient (Wildman–Crippen LogP) is 3.01. The van der Waals surface area contributed by atoms with Crippen molar-refractivity contribution in [3.8, 4) is 0 Å². The van der Waals surface area contributed by atoms with Crippen molar-refractivity contribution in [3.63, 3.8) is 0 Å². The van der Waals surface area contributed by atoms with Crippen molar-refractivity contribution in [1.82, 2.24) is 19.8 Å². The third-order valence-electron chi connectivity index (χ3n) is 6.90. The minimum atomic E-state index is -4.81. The lowest BCUT2D eigenvalue weighted by atomic mass is 10.1. The van der Waals surface area contributed by atoms with Gasteiger partial charge in [0.2, 0.25) is 5.82 Å². The summed E-state index contributed by atoms with van der Waals surface area (Å²) < 4.78 is 40.6. The van der Waals surface area contributed by atoms with Crippen LogP contribution in [0.2, 0.25) is 5.02 Å². The molecule has 0 aliphatic carbocycles. The standard InChI is InChI=1S/C25H23ClF3N5O4/c26-16-4-1-14(2-5-16)22(36)33-9-7-32(8-10-33)19-12-34(13-20(19)35)21-17-11-15(23(37)38)3-6-18(17)30-24(31-21)25(27,28)29/h1-6,11,19-20,35H,7-10,12-13H2,(H,37,38)/t19-,20-/m0/s1. The molecule has 2 aliphatic heterocycles. The summed E-state index contributed by atoms with van der Waals surface area (Å²) in [5, 5.41) is 20.9. The number of nitrogens with zero attached hydrogens (tertiary/aromatic N) is 5. The Morgan fingerprint density at radius 1 is 0.947 bits per heavy atom. The number of piperazine rings is 1. The van der Waals surface area contributed by atoms with E-state index >= 15 is 0 Å². The lowest BCUT2D eigenvalue weighted by Gasteiger charge is -2.38. The summed E-state index contributed by atoms with van der Waals surface area (Å²) in [6.45, 7) is 1.96. The molecule has 2 aromatic carbocycles. The van der Waals surface area contributed by atoms with Gasteiger partial charge in [-0.25, -0.2) is 14.8 Å². The molecule has 38 heavy (non-hydrogen) atoms. The molecule has 0 bridgehead atoms. The molecule has 0 spiro atoms. The van der Waals surface area contributed by atoms with E-state index in [0.717, 1.165) is 0 Å². The Kier molecular flexibility index (Phi) is 6.88. The minimum Gasteiger partial charge on any atom is -0.478 e. The number of aliphatic hydroxyl groups is 1. The number of benzene rings is 2. The molecule has 5 rings (SSSR count). The summed E-state index contributed by atoms with van der Waals surface area (Å²) in [4.78, 5) is 36.9. The molecule has 1 amide bonds. The molecule has 0 saturated carbocycles. The number of carbonyl (C=O) groups is 2. The van der Waals surface area contributed by atoms with E-state index in [4.69, 9.17) is 11.6 Å². The second-order valence-corrected chi connectivity index (χ2v) is 9.72. The first-order valence-corrected chi connectivity index (χ1v) is 12.2. The Morgan fingerprint density at radius 2 is 1.61 bits per heavy atom. The highest BCUT2D eigenvalue weighted by Gasteiger charge is 2.41. The molecule has 0 radical (unpaired) electrons. The molecule has 13 heteroatoms. The number of amides is 1. The molecule has 9 nitrogen and oxygen atoms in total. The van der Waals surface area contributed by atoms with Gasteiger partial charge in [-0.3, -0.25) is 9.69 Å². The van der Waals surface area contributed by atoms with E-state index in [1.807, 2.05) is 4.90 Å². The maximum absolute atomic E-state index is 13.5. The first-order chi connectivity index (χ1) is 18.0. The van der Waals surface area contributed by atoms with Crippen molar-refractivity contribution in [2.24, 2.45) is 0 Å². The number of hydrogen-bond acceptors (Lipinski definition) is 7. The summed E-state index contributed by atoms with van der Waals surface area (Å²) in [7, 11) is 0. The average Bonchev–Trinajstić information content (AvgIpc) is 3.28. The van der Waals surface area contributed by atoms with E-state index in [-0.39, 0.29) is 41.3 Å². The Balaban J connectivity index is 1.35. The van der Waals surface area contributed by atoms with Gasteiger partial charge in [-0.1, -0.05) is 11.6 Å². The molecule has 2 atom stereocenters. The van der Waals surface area contributed by atoms with E-state index in [9.17, 15) is 33.0 Å². The van der Waals surface area contributed by atoms with Gasteiger partial charge in [0.1, 0.15) is 5.82 Å². The number of carbonyl (C=O) groups excluding carboxylic acids is 1. The maximum Gasteiger partial charge on any atom is 0.451 e. The zero-order valence-electron chi connectivity index (χ0n) is 19.9. The number of aromatic carboxylic acids is 1. The molecule has 2 aliphatic rings. The van der Waals surface area contributed by atoms with Crippen molar-refractivity contribution in [1.29, 1.82) is 0 Å². The fourth-order valence-corrected chi connectivity index (χ4v) is 5.07. The summed E-state index contributed by atoms with van der Waals surface area (Å²) >= 11 is 5.90. The molecule has 0 unspecified atom stereocenters. The number of aromatic nitrogens is 2. The minimum absolute atomic E-state index is 0.00922. The number of aliphatic hydroxyl groups excluding tert-OH is 1. The SMILES string of the molecule is O=C(O)c1ccc2nc(C(F)(F)F)nc(N3C[C@H](O)[C@@H](N4CCN(C(=O)c5ccc(Cl)cc5)CC4)C3)c2c1. The van der Waals surface area contributed by atoms with Crippen LogP contribution in [-0.2, 0) is 6.18 Å². The van der Waals surface area contributed by atoms with Crippen LogP contribution < -0.4 is 4.90 Å². The van der Waals surface area contributed by atoms with E-state index in [1.54, 1.807) is 29.2 Å². The highest BCUT2D eigenvalue weighted by molar-refractivity contribution is 6.30. The summed E-state index contributed by atoms with van der Waals surface area (Å²) in [6, 6.07) is 9.86. The molecule has 3 aromatic rings. The fraction of sp³-hybridized carbons (Fsp3) is 0.360. The van der Waals surface area contributed by atoms with Gasteiger partial charge in [-0.15, -0.1) is 0 Å². The van der Waals surface area contributed by atoms with Crippen LogP contribution in [0.15, 0.2) is 42.5 Å². The zero-order chi connectivity index (χ0) is 27.2. The molecule has 3 heterocycles. The van der Waals surface area contributed by atoms with Crippen molar-refractivity contribution in [2.45, 2.75) is 18.3 Å². The lowest BCUT2D eigenvalue weighted by molar-refractivity contribution is -0.144. The number of carboxylic acids is 1. The molecule has 2 saturated heterocycles. The smallest absolute Gasteiger partial charge is 0.451 e. The normalized spacial score (nSPS) is 20.8. The number of alkyl halides is 3. The van der Waals surface area contributed by atoms with Crippen LogP contribution in [0.5, 0.6) is 0 Å². The van der Waals surface area contributed by atoms with E-state index in [2.05, 4.69) is 9.97 Å². The Hall–Kier alpha value is -3.48. The van der Waals surface area contributed by atoms with Crippen LogP contribution in [0.1, 0.15) is 26.5 Å². The van der Waals surface area contributed by atoms with Gasteiger partial charge in [0, 0.05) is 55.2 Å². The number of rotatable bonds is 4. The van der Waals surface area contributed by atoms with Crippen LogP contribution in [0.4, 0.5) is 19.0 Å².